The van der Waals surface area contributed by atoms with E-state index in [9.17, 15) is 4.79 Å². The summed E-state index contributed by atoms with van der Waals surface area (Å²) in [6.07, 6.45) is 2.16. The van der Waals surface area contributed by atoms with E-state index in [4.69, 9.17) is 4.74 Å². The number of carbonyl (C=O) groups excluding carboxylic acids is 1. The molecular formula is C24H29N5O2S. The van der Waals surface area contributed by atoms with Crippen molar-refractivity contribution in [1.82, 2.24) is 14.8 Å². The zero-order chi connectivity index (χ0) is 22.2. The van der Waals surface area contributed by atoms with Gasteiger partial charge in [-0.1, -0.05) is 67.6 Å². The van der Waals surface area contributed by atoms with Crippen molar-refractivity contribution in [3.05, 3.63) is 65.7 Å². The highest BCUT2D eigenvalue weighted by atomic mass is 32.2. The quantitative estimate of drug-likeness (QED) is 0.498. The van der Waals surface area contributed by atoms with Crippen molar-refractivity contribution < 1.29 is 9.53 Å². The highest BCUT2D eigenvalue weighted by Gasteiger charge is 2.21. The van der Waals surface area contributed by atoms with E-state index < -0.39 is 0 Å². The van der Waals surface area contributed by atoms with Crippen LogP contribution in [0.1, 0.15) is 24.5 Å². The van der Waals surface area contributed by atoms with Crippen molar-refractivity contribution in [3.63, 3.8) is 0 Å². The number of aryl methyl sites for hydroxylation is 1. The number of nitrogens with zero attached hydrogens (tertiary/aromatic N) is 4. The summed E-state index contributed by atoms with van der Waals surface area (Å²) in [4.78, 5) is 14.8. The molecule has 0 atom stereocenters. The first-order valence-corrected chi connectivity index (χ1v) is 12.0. The van der Waals surface area contributed by atoms with Crippen LogP contribution in [0.3, 0.4) is 0 Å². The molecule has 1 aromatic heterocycles. The largest absolute Gasteiger partial charge is 0.378 e. The van der Waals surface area contributed by atoms with Gasteiger partial charge in [-0.25, -0.2) is 0 Å². The number of hydrogen-bond acceptors (Lipinski definition) is 6. The molecule has 1 saturated heterocycles. The Kier molecular flexibility index (Phi) is 7.79. The molecule has 7 nitrogen and oxygen atoms in total. The second-order valence-corrected chi connectivity index (χ2v) is 8.68. The fourth-order valence-corrected chi connectivity index (χ4v) is 4.39. The van der Waals surface area contributed by atoms with E-state index in [2.05, 4.69) is 56.2 Å². The van der Waals surface area contributed by atoms with Crippen molar-refractivity contribution in [2.75, 3.05) is 42.3 Å². The Morgan fingerprint density at radius 1 is 1.03 bits per heavy atom. The Balaban J connectivity index is 1.43. The normalized spacial score (nSPS) is 13.8. The minimum Gasteiger partial charge on any atom is -0.378 e. The molecule has 1 aliphatic rings. The highest BCUT2D eigenvalue weighted by Crippen LogP contribution is 2.24. The van der Waals surface area contributed by atoms with Crippen LogP contribution in [0.4, 0.5) is 11.6 Å². The molecule has 1 N–H and O–H groups in total. The Hall–Kier alpha value is -2.84. The number of benzene rings is 2. The zero-order valence-corrected chi connectivity index (χ0v) is 19.2. The van der Waals surface area contributed by atoms with Crippen LogP contribution in [0.5, 0.6) is 0 Å². The summed E-state index contributed by atoms with van der Waals surface area (Å²) < 4.78 is 7.58. The first-order chi connectivity index (χ1) is 15.7. The van der Waals surface area contributed by atoms with Gasteiger partial charge in [-0.3, -0.25) is 9.36 Å². The molecule has 168 valence electrons. The predicted molar refractivity (Wildman–Crippen MR) is 128 cm³/mol. The molecule has 8 heteroatoms. The first kappa shape index (κ1) is 22.4. The number of thioether (sulfide) groups is 1. The summed E-state index contributed by atoms with van der Waals surface area (Å²) >= 11 is 1.41. The third kappa shape index (κ3) is 5.89. The SMILES string of the molecule is CCCc1ccc(NC(=O)CSc2nnc(N3CCOCC3)n2Cc2ccccc2)cc1. The lowest BCUT2D eigenvalue weighted by atomic mass is 10.1. The molecule has 0 unspecified atom stereocenters. The van der Waals surface area contributed by atoms with Gasteiger partial charge in [0, 0.05) is 18.8 Å². The smallest absolute Gasteiger partial charge is 0.234 e. The summed E-state index contributed by atoms with van der Waals surface area (Å²) in [5, 5.41) is 12.6. The predicted octanol–water partition coefficient (Wildman–Crippen LogP) is 3.85. The molecule has 2 aromatic carbocycles. The van der Waals surface area contributed by atoms with Crippen LogP contribution in [0.15, 0.2) is 59.8 Å². The third-order valence-corrected chi connectivity index (χ3v) is 6.25. The van der Waals surface area contributed by atoms with Crippen LogP contribution in [0.25, 0.3) is 0 Å². The van der Waals surface area contributed by atoms with Gasteiger partial charge >= 0.3 is 0 Å². The van der Waals surface area contributed by atoms with Gasteiger partial charge < -0.3 is 15.0 Å². The van der Waals surface area contributed by atoms with Crippen molar-refractivity contribution in [2.24, 2.45) is 0 Å². The molecule has 3 aromatic rings. The van der Waals surface area contributed by atoms with E-state index in [1.807, 2.05) is 30.3 Å². The molecular weight excluding hydrogens is 422 g/mol. The third-order valence-electron chi connectivity index (χ3n) is 5.28. The number of rotatable bonds is 9. The monoisotopic (exact) mass is 451 g/mol. The maximum Gasteiger partial charge on any atom is 0.234 e. The second-order valence-electron chi connectivity index (χ2n) is 7.74. The maximum absolute atomic E-state index is 12.6. The molecule has 0 bridgehead atoms. The Labute approximate surface area is 193 Å². The van der Waals surface area contributed by atoms with Crippen LogP contribution in [0, 0.1) is 0 Å². The number of anilines is 2. The summed E-state index contributed by atoms with van der Waals surface area (Å²) in [5.41, 5.74) is 3.26. The lowest BCUT2D eigenvalue weighted by molar-refractivity contribution is -0.113. The lowest BCUT2D eigenvalue weighted by Gasteiger charge is -2.28. The van der Waals surface area contributed by atoms with Gasteiger partial charge in [0.05, 0.1) is 25.5 Å². The molecule has 0 saturated carbocycles. The van der Waals surface area contributed by atoms with Gasteiger partial charge in [0.15, 0.2) is 5.16 Å². The first-order valence-electron chi connectivity index (χ1n) is 11.0. The fourth-order valence-electron chi connectivity index (χ4n) is 3.66. The van der Waals surface area contributed by atoms with Crippen molar-refractivity contribution in [1.29, 1.82) is 0 Å². The van der Waals surface area contributed by atoms with E-state index in [-0.39, 0.29) is 11.7 Å². The maximum atomic E-state index is 12.6. The number of hydrogen-bond donors (Lipinski definition) is 1. The van der Waals surface area contributed by atoms with E-state index in [0.29, 0.717) is 19.8 Å². The van der Waals surface area contributed by atoms with E-state index in [0.717, 1.165) is 42.7 Å². The van der Waals surface area contributed by atoms with Gasteiger partial charge in [0.25, 0.3) is 0 Å². The number of nitrogens with one attached hydrogen (secondary N) is 1. The molecule has 0 spiro atoms. The molecule has 1 fully saturated rings. The standard InChI is InChI=1S/C24H29N5O2S/c1-2-6-19-9-11-21(12-10-19)25-22(30)18-32-24-27-26-23(28-13-15-31-16-14-28)29(24)17-20-7-4-3-5-8-20/h3-5,7-12H,2,6,13-18H2,1H3,(H,25,30). The van der Waals surface area contributed by atoms with Crippen LogP contribution >= 0.6 is 11.8 Å². The summed E-state index contributed by atoms with van der Waals surface area (Å²) in [6.45, 7) is 5.75. The number of ether oxygens (including phenoxy) is 1. The van der Waals surface area contributed by atoms with E-state index in [1.165, 1.54) is 22.9 Å². The molecule has 2 heterocycles. The van der Waals surface area contributed by atoms with Gasteiger partial charge in [0.2, 0.25) is 11.9 Å². The topological polar surface area (TPSA) is 72.3 Å². The highest BCUT2D eigenvalue weighted by molar-refractivity contribution is 7.99. The average Bonchev–Trinajstić information content (AvgIpc) is 3.23. The Morgan fingerprint density at radius 2 is 1.78 bits per heavy atom. The number of carbonyl (C=O) groups is 1. The van der Waals surface area contributed by atoms with Gasteiger partial charge in [-0.05, 0) is 29.7 Å². The van der Waals surface area contributed by atoms with Crippen LogP contribution in [0.2, 0.25) is 0 Å². The molecule has 4 rings (SSSR count). The zero-order valence-electron chi connectivity index (χ0n) is 18.4. The van der Waals surface area contributed by atoms with E-state index >= 15 is 0 Å². The second kappa shape index (κ2) is 11.2. The minimum atomic E-state index is -0.0552. The van der Waals surface area contributed by atoms with E-state index in [1.54, 1.807) is 0 Å². The minimum absolute atomic E-state index is 0.0552. The number of aromatic nitrogens is 3. The van der Waals surface area contributed by atoms with Crippen LogP contribution in [-0.4, -0.2) is 52.7 Å². The number of morpholine rings is 1. The Morgan fingerprint density at radius 3 is 2.50 bits per heavy atom. The van der Waals surface area contributed by atoms with Crippen molar-refractivity contribution in [3.8, 4) is 0 Å². The molecule has 1 amide bonds. The van der Waals surface area contributed by atoms with Crippen molar-refractivity contribution in [2.45, 2.75) is 31.5 Å². The van der Waals surface area contributed by atoms with Gasteiger partial charge in [-0.2, -0.15) is 0 Å². The van der Waals surface area contributed by atoms with Crippen molar-refractivity contribution >= 4 is 29.3 Å². The molecule has 0 aliphatic carbocycles. The summed E-state index contributed by atoms with van der Waals surface area (Å²) in [6, 6.07) is 18.3. The summed E-state index contributed by atoms with van der Waals surface area (Å²) in [7, 11) is 0. The fraction of sp³-hybridized carbons (Fsp3) is 0.375. The average molecular weight is 452 g/mol. The van der Waals surface area contributed by atoms with Crippen LogP contribution < -0.4 is 10.2 Å². The molecule has 0 radical (unpaired) electrons. The Bertz CT molecular complexity index is 1000. The van der Waals surface area contributed by atoms with Gasteiger partial charge in [0.1, 0.15) is 0 Å². The summed E-state index contributed by atoms with van der Waals surface area (Å²) in [5.74, 6) is 1.04. The lowest BCUT2D eigenvalue weighted by Crippen LogP contribution is -2.38. The number of amides is 1. The van der Waals surface area contributed by atoms with Gasteiger partial charge in [-0.15, -0.1) is 10.2 Å². The molecule has 32 heavy (non-hydrogen) atoms. The molecule has 1 aliphatic heterocycles. The van der Waals surface area contributed by atoms with Crippen LogP contribution in [-0.2, 0) is 22.5 Å².